The molecule has 5 nitrogen and oxygen atoms in total. The number of hydrogen-bond donors (Lipinski definition) is 2. The first-order chi connectivity index (χ1) is 9.17. The molecular weight excluding hydrogens is 240 g/mol. The standard InChI is InChI=1S/C14H20N4O/c1-3-8-19-11-7-5-6-10(9-11)13-14(15)18(16)12(4-2)17-13/h5-7,9H,3-4,8,15-16H2,1-2H3. The summed E-state index contributed by atoms with van der Waals surface area (Å²) in [5, 5.41) is 0. The first-order valence-corrected chi connectivity index (χ1v) is 6.52. The van der Waals surface area contributed by atoms with Crippen molar-refractivity contribution in [2.75, 3.05) is 18.2 Å². The van der Waals surface area contributed by atoms with Crippen LogP contribution < -0.4 is 16.3 Å². The first kappa shape index (κ1) is 13.3. The number of nitrogens with zero attached hydrogens (tertiary/aromatic N) is 2. The van der Waals surface area contributed by atoms with Crippen LogP contribution in [-0.2, 0) is 6.42 Å². The molecule has 5 heteroatoms. The van der Waals surface area contributed by atoms with Gasteiger partial charge in [-0.25, -0.2) is 9.66 Å². The Morgan fingerprint density at radius 2 is 2.11 bits per heavy atom. The number of imidazole rings is 1. The number of nitrogens with two attached hydrogens (primary N) is 2. The van der Waals surface area contributed by atoms with E-state index in [0.29, 0.717) is 18.1 Å². The van der Waals surface area contributed by atoms with Crippen molar-refractivity contribution in [2.24, 2.45) is 0 Å². The summed E-state index contributed by atoms with van der Waals surface area (Å²) in [6.45, 7) is 4.77. The highest BCUT2D eigenvalue weighted by molar-refractivity contribution is 5.72. The molecule has 0 saturated carbocycles. The molecule has 0 aliphatic rings. The summed E-state index contributed by atoms with van der Waals surface area (Å²) in [5.41, 5.74) is 7.63. The molecule has 1 aromatic heterocycles. The lowest BCUT2D eigenvalue weighted by Gasteiger charge is -2.06. The van der Waals surface area contributed by atoms with Gasteiger partial charge in [-0.2, -0.15) is 0 Å². The number of anilines is 1. The van der Waals surface area contributed by atoms with Crippen LogP contribution in [0.15, 0.2) is 24.3 Å². The molecule has 0 aliphatic heterocycles. The number of aryl methyl sites for hydroxylation is 1. The Morgan fingerprint density at radius 1 is 1.32 bits per heavy atom. The minimum atomic E-state index is 0.476. The van der Waals surface area contributed by atoms with Gasteiger partial charge in [0.15, 0.2) is 5.82 Å². The summed E-state index contributed by atoms with van der Waals surface area (Å²) in [6.07, 6.45) is 1.72. The van der Waals surface area contributed by atoms with Crippen LogP contribution in [0.1, 0.15) is 26.1 Å². The van der Waals surface area contributed by atoms with Crippen molar-refractivity contribution < 1.29 is 4.74 Å². The molecule has 0 unspecified atom stereocenters. The fourth-order valence-electron chi connectivity index (χ4n) is 1.91. The van der Waals surface area contributed by atoms with E-state index in [2.05, 4.69) is 11.9 Å². The van der Waals surface area contributed by atoms with Gasteiger partial charge in [0, 0.05) is 12.0 Å². The van der Waals surface area contributed by atoms with E-state index < -0.39 is 0 Å². The summed E-state index contributed by atoms with van der Waals surface area (Å²) in [5.74, 6) is 7.94. The van der Waals surface area contributed by atoms with E-state index >= 15 is 0 Å². The lowest BCUT2D eigenvalue weighted by atomic mass is 10.1. The molecule has 0 amide bonds. The normalized spacial score (nSPS) is 10.6. The third kappa shape index (κ3) is 2.65. The van der Waals surface area contributed by atoms with Crippen LogP contribution in [0.2, 0.25) is 0 Å². The maximum atomic E-state index is 6.00. The van der Waals surface area contributed by atoms with Gasteiger partial charge in [-0.1, -0.05) is 26.0 Å². The molecule has 0 spiro atoms. The summed E-state index contributed by atoms with van der Waals surface area (Å²) >= 11 is 0. The number of rotatable bonds is 5. The molecule has 1 aromatic carbocycles. The number of aromatic nitrogens is 2. The molecule has 0 aliphatic carbocycles. The van der Waals surface area contributed by atoms with Crippen molar-refractivity contribution in [1.82, 2.24) is 9.66 Å². The maximum Gasteiger partial charge on any atom is 0.150 e. The van der Waals surface area contributed by atoms with E-state index in [9.17, 15) is 0 Å². The van der Waals surface area contributed by atoms with Gasteiger partial charge in [-0.15, -0.1) is 0 Å². The third-order valence-electron chi connectivity index (χ3n) is 2.92. The van der Waals surface area contributed by atoms with Crippen LogP contribution >= 0.6 is 0 Å². The number of nitrogen functional groups attached to an aromatic ring is 2. The number of benzene rings is 1. The molecule has 0 saturated heterocycles. The van der Waals surface area contributed by atoms with E-state index in [4.69, 9.17) is 16.3 Å². The molecule has 0 radical (unpaired) electrons. The second kappa shape index (κ2) is 5.65. The van der Waals surface area contributed by atoms with E-state index in [0.717, 1.165) is 30.0 Å². The molecule has 2 rings (SSSR count). The van der Waals surface area contributed by atoms with Crippen molar-refractivity contribution in [3.8, 4) is 17.0 Å². The minimum absolute atomic E-state index is 0.476. The molecule has 102 valence electrons. The van der Waals surface area contributed by atoms with E-state index in [-0.39, 0.29) is 0 Å². The highest BCUT2D eigenvalue weighted by Crippen LogP contribution is 2.28. The van der Waals surface area contributed by atoms with Gasteiger partial charge in [-0.3, -0.25) is 0 Å². The monoisotopic (exact) mass is 260 g/mol. The van der Waals surface area contributed by atoms with Crippen LogP contribution in [0, 0.1) is 0 Å². The lowest BCUT2D eigenvalue weighted by molar-refractivity contribution is 0.317. The Hall–Kier alpha value is -2.17. The van der Waals surface area contributed by atoms with Crippen molar-refractivity contribution in [3.63, 3.8) is 0 Å². The average molecular weight is 260 g/mol. The zero-order valence-corrected chi connectivity index (χ0v) is 11.4. The first-order valence-electron chi connectivity index (χ1n) is 6.52. The summed E-state index contributed by atoms with van der Waals surface area (Å²) < 4.78 is 7.05. The lowest BCUT2D eigenvalue weighted by Crippen LogP contribution is -2.14. The molecule has 4 N–H and O–H groups in total. The Balaban J connectivity index is 2.36. The quantitative estimate of drug-likeness (QED) is 0.808. The maximum absolute atomic E-state index is 6.00. The number of ether oxygens (including phenoxy) is 1. The van der Waals surface area contributed by atoms with E-state index in [1.54, 1.807) is 0 Å². The summed E-state index contributed by atoms with van der Waals surface area (Å²) in [7, 11) is 0. The Bertz CT molecular complexity index is 563. The smallest absolute Gasteiger partial charge is 0.150 e. The highest BCUT2D eigenvalue weighted by atomic mass is 16.5. The predicted molar refractivity (Wildman–Crippen MR) is 77.4 cm³/mol. The number of hydrogen-bond acceptors (Lipinski definition) is 4. The largest absolute Gasteiger partial charge is 0.494 e. The molecule has 2 aromatic rings. The van der Waals surface area contributed by atoms with E-state index in [1.165, 1.54) is 4.68 Å². The van der Waals surface area contributed by atoms with Crippen LogP contribution in [0.5, 0.6) is 5.75 Å². The molecule has 0 atom stereocenters. The van der Waals surface area contributed by atoms with E-state index in [1.807, 2.05) is 31.2 Å². The van der Waals surface area contributed by atoms with Gasteiger partial charge >= 0.3 is 0 Å². The van der Waals surface area contributed by atoms with Crippen LogP contribution in [0.25, 0.3) is 11.3 Å². The van der Waals surface area contributed by atoms with Gasteiger partial charge in [0.2, 0.25) is 0 Å². The second-order valence-electron chi connectivity index (χ2n) is 4.36. The predicted octanol–water partition coefficient (Wildman–Crippen LogP) is 2.20. The molecule has 19 heavy (non-hydrogen) atoms. The highest BCUT2D eigenvalue weighted by Gasteiger charge is 2.13. The van der Waals surface area contributed by atoms with Gasteiger partial charge in [0.25, 0.3) is 0 Å². The van der Waals surface area contributed by atoms with Crippen LogP contribution in [-0.4, -0.2) is 16.3 Å². The van der Waals surface area contributed by atoms with Gasteiger partial charge < -0.3 is 16.3 Å². The average Bonchev–Trinajstić information content (AvgIpc) is 2.73. The third-order valence-corrected chi connectivity index (χ3v) is 2.92. The van der Waals surface area contributed by atoms with Crippen molar-refractivity contribution in [1.29, 1.82) is 0 Å². The Morgan fingerprint density at radius 3 is 2.74 bits per heavy atom. The molecular formula is C14H20N4O. The van der Waals surface area contributed by atoms with Gasteiger partial charge in [0.05, 0.1) is 6.61 Å². The summed E-state index contributed by atoms with van der Waals surface area (Å²) in [6, 6.07) is 7.75. The topological polar surface area (TPSA) is 79.1 Å². The van der Waals surface area contributed by atoms with Crippen molar-refractivity contribution >= 4 is 5.82 Å². The molecule has 1 heterocycles. The van der Waals surface area contributed by atoms with Crippen molar-refractivity contribution in [3.05, 3.63) is 30.1 Å². The van der Waals surface area contributed by atoms with Gasteiger partial charge in [-0.05, 0) is 18.6 Å². The van der Waals surface area contributed by atoms with Gasteiger partial charge in [0.1, 0.15) is 17.3 Å². The van der Waals surface area contributed by atoms with Crippen LogP contribution in [0.4, 0.5) is 5.82 Å². The Labute approximate surface area is 113 Å². The fourth-order valence-corrected chi connectivity index (χ4v) is 1.91. The summed E-state index contributed by atoms with van der Waals surface area (Å²) in [4.78, 5) is 4.48. The minimum Gasteiger partial charge on any atom is -0.494 e. The van der Waals surface area contributed by atoms with Crippen molar-refractivity contribution in [2.45, 2.75) is 26.7 Å². The zero-order valence-electron chi connectivity index (χ0n) is 11.4. The van der Waals surface area contributed by atoms with Crippen LogP contribution in [0.3, 0.4) is 0 Å². The second-order valence-corrected chi connectivity index (χ2v) is 4.36. The Kier molecular flexibility index (Phi) is 3.94. The SMILES string of the molecule is CCCOc1cccc(-c2nc(CC)n(N)c2N)c1. The zero-order chi connectivity index (χ0) is 13.8. The fraction of sp³-hybridized carbons (Fsp3) is 0.357. The molecule has 0 bridgehead atoms. The molecule has 0 fully saturated rings.